The number of benzene rings is 2. The zero-order chi connectivity index (χ0) is 15.9. The van der Waals surface area contributed by atoms with Crippen LogP contribution < -0.4 is 15.9 Å². The summed E-state index contributed by atoms with van der Waals surface area (Å²) >= 11 is 3.36. The number of para-hydroxylation sites is 1. The van der Waals surface area contributed by atoms with Crippen molar-refractivity contribution in [3.63, 3.8) is 0 Å². The highest BCUT2D eigenvalue weighted by Crippen LogP contribution is 2.22. The van der Waals surface area contributed by atoms with Gasteiger partial charge in [0.05, 0.1) is 6.21 Å². The summed E-state index contributed by atoms with van der Waals surface area (Å²) in [5, 5.41) is 6.30. The van der Waals surface area contributed by atoms with Gasteiger partial charge in [0.25, 0.3) is 5.91 Å². The average Bonchev–Trinajstić information content (AvgIpc) is 2.49. The van der Waals surface area contributed by atoms with Crippen molar-refractivity contribution >= 4 is 33.7 Å². The van der Waals surface area contributed by atoms with Gasteiger partial charge in [-0.2, -0.15) is 5.10 Å². The van der Waals surface area contributed by atoms with E-state index in [-0.39, 0.29) is 12.5 Å². The fourth-order valence-electron chi connectivity index (χ4n) is 1.87. The quantitative estimate of drug-likeness (QED) is 0.488. The minimum Gasteiger partial charge on any atom is -0.483 e. The first-order chi connectivity index (χ1) is 10.6. The van der Waals surface area contributed by atoms with Gasteiger partial charge in [-0.05, 0) is 36.8 Å². The monoisotopic (exact) mass is 361 g/mol. The molecule has 0 fully saturated rings. The van der Waals surface area contributed by atoms with Crippen LogP contribution in [0.4, 0.5) is 5.69 Å². The van der Waals surface area contributed by atoms with E-state index in [0.29, 0.717) is 11.3 Å². The highest BCUT2D eigenvalue weighted by Gasteiger charge is 2.08. The molecule has 0 aliphatic rings. The van der Waals surface area contributed by atoms with Crippen molar-refractivity contribution in [1.82, 2.24) is 0 Å². The largest absolute Gasteiger partial charge is 0.483 e. The predicted molar refractivity (Wildman–Crippen MR) is 91.2 cm³/mol. The van der Waals surface area contributed by atoms with E-state index in [2.05, 4.69) is 26.3 Å². The number of anilines is 1. The first kappa shape index (κ1) is 16.0. The molecule has 0 spiro atoms. The van der Waals surface area contributed by atoms with Crippen molar-refractivity contribution in [2.45, 2.75) is 6.92 Å². The molecular formula is C16H16BrN3O2. The van der Waals surface area contributed by atoms with Gasteiger partial charge >= 0.3 is 0 Å². The molecule has 2 aromatic carbocycles. The Hall–Kier alpha value is -2.34. The number of hydrogen-bond donors (Lipinski definition) is 2. The van der Waals surface area contributed by atoms with Crippen molar-refractivity contribution in [2.75, 3.05) is 11.9 Å². The van der Waals surface area contributed by atoms with Crippen LogP contribution in [0.25, 0.3) is 0 Å². The second kappa shape index (κ2) is 7.61. The number of nitrogens with zero attached hydrogens (tertiary/aromatic N) is 1. The lowest BCUT2D eigenvalue weighted by atomic mass is 10.2. The fraction of sp³-hybridized carbons (Fsp3) is 0.125. The van der Waals surface area contributed by atoms with Crippen LogP contribution in [0.5, 0.6) is 5.75 Å². The maximum Gasteiger partial charge on any atom is 0.262 e. The Morgan fingerprint density at radius 3 is 2.86 bits per heavy atom. The number of amides is 1. The number of carbonyl (C=O) groups is 1. The van der Waals surface area contributed by atoms with E-state index in [1.807, 2.05) is 43.3 Å². The number of halogens is 1. The highest BCUT2D eigenvalue weighted by atomic mass is 79.9. The molecule has 22 heavy (non-hydrogen) atoms. The Kier molecular flexibility index (Phi) is 5.55. The molecular weight excluding hydrogens is 346 g/mol. The van der Waals surface area contributed by atoms with E-state index in [9.17, 15) is 4.79 Å². The Morgan fingerprint density at radius 1 is 1.36 bits per heavy atom. The molecule has 0 aliphatic heterocycles. The molecule has 0 aliphatic carbocycles. The van der Waals surface area contributed by atoms with Crippen molar-refractivity contribution in [1.29, 1.82) is 0 Å². The van der Waals surface area contributed by atoms with Gasteiger partial charge in [-0.15, -0.1) is 0 Å². The highest BCUT2D eigenvalue weighted by molar-refractivity contribution is 9.10. The molecule has 0 bridgehead atoms. The summed E-state index contributed by atoms with van der Waals surface area (Å²) < 4.78 is 6.41. The third-order valence-corrected chi connectivity index (χ3v) is 3.46. The molecule has 3 N–H and O–H groups in total. The maximum absolute atomic E-state index is 12.0. The molecule has 114 valence electrons. The number of rotatable bonds is 5. The fourth-order valence-corrected chi connectivity index (χ4v) is 2.25. The van der Waals surface area contributed by atoms with Gasteiger partial charge < -0.3 is 15.9 Å². The molecule has 0 heterocycles. The Morgan fingerprint density at radius 2 is 2.14 bits per heavy atom. The molecule has 5 nitrogen and oxygen atoms in total. The second-order valence-electron chi connectivity index (χ2n) is 4.61. The number of carbonyl (C=O) groups excluding carboxylic acids is 1. The summed E-state index contributed by atoms with van der Waals surface area (Å²) in [5.74, 6) is 5.48. The molecule has 1 amide bonds. The maximum atomic E-state index is 12.0. The summed E-state index contributed by atoms with van der Waals surface area (Å²) in [6, 6.07) is 13.0. The molecule has 2 aromatic rings. The van der Waals surface area contributed by atoms with Gasteiger partial charge in [0.2, 0.25) is 0 Å². The van der Waals surface area contributed by atoms with Crippen molar-refractivity contribution < 1.29 is 9.53 Å². The Labute approximate surface area is 137 Å². The topological polar surface area (TPSA) is 76.7 Å². The van der Waals surface area contributed by atoms with Crippen LogP contribution >= 0.6 is 15.9 Å². The smallest absolute Gasteiger partial charge is 0.262 e. The van der Waals surface area contributed by atoms with Crippen LogP contribution in [0.3, 0.4) is 0 Å². The summed E-state index contributed by atoms with van der Waals surface area (Å²) in [7, 11) is 0. The standard InChI is InChI=1S/C16H16BrN3O2/c1-11-4-2-3-5-14(11)20-16(21)10-22-15-7-6-13(17)8-12(15)9-19-18/h2-9H,10,18H2,1H3,(H,20,21). The number of aryl methyl sites for hydroxylation is 1. The molecule has 0 radical (unpaired) electrons. The third kappa shape index (κ3) is 4.33. The zero-order valence-corrected chi connectivity index (χ0v) is 13.6. The molecule has 2 rings (SSSR count). The Balaban J connectivity index is 2.01. The number of nitrogens with one attached hydrogen (secondary N) is 1. The lowest BCUT2D eigenvalue weighted by Crippen LogP contribution is -2.21. The number of ether oxygens (including phenoxy) is 1. The molecule has 0 atom stereocenters. The first-order valence-electron chi connectivity index (χ1n) is 6.61. The van der Waals surface area contributed by atoms with Crippen molar-refractivity contribution in [3.05, 3.63) is 58.1 Å². The first-order valence-corrected chi connectivity index (χ1v) is 7.40. The minimum atomic E-state index is -0.229. The summed E-state index contributed by atoms with van der Waals surface area (Å²) in [6.45, 7) is 1.84. The van der Waals surface area contributed by atoms with Gasteiger partial charge in [-0.1, -0.05) is 34.1 Å². The van der Waals surface area contributed by atoms with E-state index >= 15 is 0 Å². The number of nitrogens with two attached hydrogens (primary N) is 1. The van der Waals surface area contributed by atoms with Crippen LogP contribution in [-0.2, 0) is 4.79 Å². The van der Waals surface area contributed by atoms with Crippen LogP contribution in [-0.4, -0.2) is 18.7 Å². The van der Waals surface area contributed by atoms with Gasteiger partial charge in [0.1, 0.15) is 5.75 Å². The average molecular weight is 362 g/mol. The van der Waals surface area contributed by atoms with E-state index in [4.69, 9.17) is 10.6 Å². The summed E-state index contributed by atoms with van der Waals surface area (Å²) in [6.07, 6.45) is 1.47. The third-order valence-electron chi connectivity index (χ3n) is 2.96. The van der Waals surface area contributed by atoms with E-state index in [1.165, 1.54) is 6.21 Å². The van der Waals surface area contributed by atoms with Crippen LogP contribution in [0.2, 0.25) is 0 Å². The second-order valence-corrected chi connectivity index (χ2v) is 5.53. The molecule has 0 unspecified atom stereocenters. The lowest BCUT2D eigenvalue weighted by molar-refractivity contribution is -0.118. The lowest BCUT2D eigenvalue weighted by Gasteiger charge is -2.11. The molecule has 0 saturated carbocycles. The number of hydrazone groups is 1. The minimum absolute atomic E-state index is 0.0959. The van der Waals surface area contributed by atoms with E-state index in [0.717, 1.165) is 15.7 Å². The van der Waals surface area contributed by atoms with Gasteiger partial charge in [-0.3, -0.25) is 4.79 Å². The number of hydrogen-bond acceptors (Lipinski definition) is 4. The van der Waals surface area contributed by atoms with Crippen LogP contribution in [0.15, 0.2) is 52.0 Å². The van der Waals surface area contributed by atoms with Crippen LogP contribution in [0.1, 0.15) is 11.1 Å². The van der Waals surface area contributed by atoms with Gasteiger partial charge in [0, 0.05) is 15.7 Å². The normalized spacial score (nSPS) is 10.6. The summed E-state index contributed by atoms with van der Waals surface area (Å²) in [4.78, 5) is 12.0. The van der Waals surface area contributed by atoms with Crippen molar-refractivity contribution in [2.24, 2.45) is 10.9 Å². The Bertz CT molecular complexity index is 702. The molecule has 0 aromatic heterocycles. The van der Waals surface area contributed by atoms with Crippen LogP contribution in [0, 0.1) is 6.92 Å². The summed E-state index contributed by atoms with van der Waals surface area (Å²) in [5.41, 5.74) is 2.46. The van der Waals surface area contributed by atoms with Gasteiger partial charge in [0.15, 0.2) is 6.61 Å². The van der Waals surface area contributed by atoms with E-state index < -0.39 is 0 Å². The molecule has 0 saturated heterocycles. The van der Waals surface area contributed by atoms with E-state index in [1.54, 1.807) is 6.07 Å². The van der Waals surface area contributed by atoms with Crippen molar-refractivity contribution in [3.8, 4) is 5.75 Å². The molecule has 6 heteroatoms. The van der Waals surface area contributed by atoms with Gasteiger partial charge in [-0.25, -0.2) is 0 Å². The zero-order valence-electron chi connectivity index (χ0n) is 12.0. The predicted octanol–water partition coefficient (Wildman–Crippen LogP) is 3.07. The SMILES string of the molecule is Cc1ccccc1NC(=O)COc1ccc(Br)cc1C=NN.